The number of ether oxygens (including phenoxy) is 1. The number of rotatable bonds is 5. The first-order valence-corrected chi connectivity index (χ1v) is 7.97. The molecule has 1 aromatic rings. The van der Waals surface area contributed by atoms with Gasteiger partial charge in [0.2, 0.25) is 0 Å². The van der Waals surface area contributed by atoms with Crippen molar-refractivity contribution in [2.75, 3.05) is 0 Å². The van der Waals surface area contributed by atoms with Gasteiger partial charge in [-0.15, -0.1) is 0 Å². The summed E-state index contributed by atoms with van der Waals surface area (Å²) in [6.07, 6.45) is 5.51. The van der Waals surface area contributed by atoms with Crippen molar-refractivity contribution < 1.29 is 9.13 Å². The molecule has 0 radical (unpaired) electrons. The first kappa shape index (κ1) is 15.3. The molecule has 1 fully saturated rings. The Morgan fingerprint density at radius 2 is 1.85 bits per heavy atom. The van der Waals surface area contributed by atoms with Gasteiger partial charge < -0.3 is 4.74 Å². The van der Waals surface area contributed by atoms with Gasteiger partial charge in [0.1, 0.15) is 5.60 Å². The summed E-state index contributed by atoms with van der Waals surface area (Å²) < 4.78 is 20.3. The Morgan fingerprint density at radius 3 is 2.40 bits per heavy atom. The average molecular weight is 278 g/mol. The second-order valence-corrected chi connectivity index (χ2v) is 6.53. The molecule has 0 amide bonds. The van der Waals surface area contributed by atoms with Crippen molar-refractivity contribution in [2.45, 2.75) is 71.3 Å². The third kappa shape index (κ3) is 2.99. The molecular weight excluding hydrogens is 251 g/mol. The van der Waals surface area contributed by atoms with Crippen molar-refractivity contribution in [3.05, 3.63) is 29.6 Å². The molecule has 0 heterocycles. The van der Waals surface area contributed by atoms with Crippen LogP contribution in [0.5, 0.6) is 5.75 Å². The summed E-state index contributed by atoms with van der Waals surface area (Å²) in [5.74, 6) is 1.07. The zero-order valence-corrected chi connectivity index (χ0v) is 13.2. The van der Waals surface area contributed by atoms with Crippen molar-refractivity contribution in [1.82, 2.24) is 0 Å². The highest BCUT2D eigenvalue weighted by Gasteiger charge is 2.39. The van der Waals surface area contributed by atoms with E-state index in [1.165, 1.54) is 18.4 Å². The minimum absolute atomic E-state index is 0.172. The highest BCUT2D eigenvalue weighted by molar-refractivity contribution is 5.33. The molecule has 1 aliphatic carbocycles. The number of hydrogen-bond acceptors (Lipinski definition) is 1. The molecule has 1 atom stereocenters. The van der Waals surface area contributed by atoms with Crippen LogP contribution in [0.3, 0.4) is 0 Å². The molecule has 1 aromatic carbocycles. The van der Waals surface area contributed by atoms with Crippen LogP contribution in [-0.2, 0) is 0 Å². The van der Waals surface area contributed by atoms with Crippen molar-refractivity contribution in [1.29, 1.82) is 0 Å². The number of hydrogen-bond donors (Lipinski definition) is 0. The van der Waals surface area contributed by atoms with E-state index in [0.717, 1.165) is 19.3 Å². The van der Waals surface area contributed by atoms with Gasteiger partial charge >= 0.3 is 0 Å². The van der Waals surface area contributed by atoms with Crippen LogP contribution in [0.15, 0.2) is 18.2 Å². The smallest absolute Gasteiger partial charge is 0.165 e. The van der Waals surface area contributed by atoms with Gasteiger partial charge in [-0.2, -0.15) is 0 Å². The van der Waals surface area contributed by atoms with E-state index >= 15 is 0 Å². The van der Waals surface area contributed by atoms with Crippen molar-refractivity contribution in [2.24, 2.45) is 5.92 Å². The summed E-state index contributed by atoms with van der Waals surface area (Å²) in [4.78, 5) is 0. The molecule has 1 saturated carbocycles. The largest absolute Gasteiger partial charge is 0.484 e. The fraction of sp³-hybridized carbons (Fsp3) is 0.667. The van der Waals surface area contributed by atoms with Crippen LogP contribution in [-0.4, -0.2) is 5.60 Å². The molecular formula is C18H27FO. The maximum Gasteiger partial charge on any atom is 0.165 e. The molecule has 1 nitrogen and oxygen atoms in total. The van der Waals surface area contributed by atoms with Gasteiger partial charge in [0.25, 0.3) is 0 Å². The maximum atomic E-state index is 14.1. The van der Waals surface area contributed by atoms with Gasteiger partial charge in [0.15, 0.2) is 11.6 Å². The summed E-state index contributed by atoms with van der Waals surface area (Å²) >= 11 is 0. The van der Waals surface area contributed by atoms with Crippen LogP contribution in [0.4, 0.5) is 4.39 Å². The molecule has 0 bridgehead atoms. The second-order valence-electron chi connectivity index (χ2n) is 6.53. The van der Waals surface area contributed by atoms with Crippen LogP contribution in [0.25, 0.3) is 0 Å². The molecule has 2 rings (SSSR count). The second kappa shape index (κ2) is 6.15. The lowest BCUT2D eigenvalue weighted by Gasteiger charge is -2.34. The van der Waals surface area contributed by atoms with Crippen molar-refractivity contribution >= 4 is 0 Å². The molecule has 1 aliphatic rings. The van der Waals surface area contributed by atoms with Crippen LogP contribution in [0.1, 0.15) is 71.3 Å². The van der Waals surface area contributed by atoms with E-state index in [4.69, 9.17) is 4.74 Å². The minimum atomic E-state index is -0.232. The maximum absolute atomic E-state index is 14.1. The fourth-order valence-electron chi connectivity index (χ4n) is 3.13. The predicted molar refractivity (Wildman–Crippen MR) is 81.8 cm³/mol. The molecule has 0 spiro atoms. The summed E-state index contributed by atoms with van der Waals surface area (Å²) in [6, 6.07) is 5.35. The van der Waals surface area contributed by atoms with E-state index in [1.807, 2.05) is 12.1 Å². The quantitative estimate of drug-likeness (QED) is 0.672. The minimum Gasteiger partial charge on any atom is -0.484 e. The molecule has 0 N–H and O–H groups in total. The Balaban J connectivity index is 2.27. The van der Waals surface area contributed by atoms with Crippen molar-refractivity contribution in [3.63, 3.8) is 0 Å². The van der Waals surface area contributed by atoms with E-state index < -0.39 is 0 Å². The highest BCUT2D eigenvalue weighted by atomic mass is 19.1. The lowest BCUT2D eigenvalue weighted by molar-refractivity contribution is 0.0251. The van der Waals surface area contributed by atoms with Crippen LogP contribution < -0.4 is 4.74 Å². The van der Waals surface area contributed by atoms with Crippen LogP contribution >= 0.6 is 0 Å². The topological polar surface area (TPSA) is 9.23 Å². The van der Waals surface area contributed by atoms with E-state index in [1.54, 1.807) is 6.07 Å². The van der Waals surface area contributed by atoms with Gasteiger partial charge in [-0.05, 0) is 61.6 Å². The Morgan fingerprint density at radius 1 is 1.20 bits per heavy atom. The van der Waals surface area contributed by atoms with Gasteiger partial charge in [-0.25, -0.2) is 4.39 Å². The lowest BCUT2D eigenvalue weighted by Crippen LogP contribution is -2.38. The summed E-state index contributed by atoms with van der Waals surface area (Å²) in [5, 5.41) is 0. The molecule has 0 saturated heterocycles. The Hall–Kier alpha value is -1.05. The van der Waals surface area contributed by atoms with E-state index in [-0.39, 0.29) is 11.4 Å². The Kier molecular flexibility index (Phi) is 4.72. The third-order valence-electron chi connectivity index (χ3n) is 4.95. The third-order valence-corrected chi connectivity index (χ3v) is 4.95. The van der Waals surface area contributed by atoms with Gasteiger partial charge in [-0.1, -0.05) is 33.8 Å². The van der Waals surface area contributed by atoms with Crippen LogP contribution in [0, 0.1) is 11.7 Å². The van der Waals surface area contributed by atoms with E-state index in [0.29, 0.717) is 17.6 Å². The molecule has 112 valence electrons. The lowest BCUT2D eigenvalue weighted by atomic mass is 9.88. The highest BCUT2D eigenvalue weighted by Crippen LogP contribution is 2.41. The monoisotopic (exact) mass is 278 g/mol. The summed E-state index contributed by atoms with van der Waals surface area (Å²) in [5.41, 5.74) is 0.996. The SMILES string of the molecule is CCC(C)c1ccc(F)c(OC2(C(C)C)CCCC2)c1. The zero-order chi connectivity index (χ0) is 14.8. The Labute approximate surface area is 122 Å². The summed E-state index contributed by atoms with van der Waals surface area (Å²) in [6.45, 7) is 8.69. The number of halogens is 1. The number of benzene rings is 1. The zero-order valence-electron chi connectivity index (χ0n) is 13.2. The van der Waals surface area contributed by atoms with Gasteiger partial charge in [0, 0.05) is 0 Å². The van der Waals surface area contributed by atoms with Gasteiger partial charge in [0.05, 0.1) is 0 Å². The van der Waals surface area contributed by atoms with E-state index in [9.17, 15) is 4.39 Å². The van der Waals surface area contributed by atoms with Gasteiger partial charge in [-0.3, -0.25) is 0 Å². The average Bonchev–Trinajstić information content (AvgIpc) is 2.90. The van der Waals surface area contributed by atoms with E-state index in [2.05, 4.69) is 27.7 Å². The summed E-state index contributed by atoms with van der Waals surface area (Å²) in [7, 11) is 0. The predicted octanol–water partition coefficient (Wildman–Crippen LogP) is 5.69. The van der Waals surface area contributed by atoms with Crippen molar-refractivity contribution in [3.8, 4) is 5.75 Å². The standard InChI is InChI=1S/C18H27FO/c1-5-14(4)15-8-9-16(19)17(12-15)20-18(13(2)3)10-6-7-11-18/h8-9,12-14H,5-7,10-11H2,1-4H3. The first-order chi connectivity index (χ1) is 9.48. The van der Waals surface area contributed by atoms with Crippen LogP contribution in [0.2, 0.25) is 0 Å². The molecule has 0 aromatic heterocycles. The first-order valence-electron chi connectivity index (χ1n) is 7.97. The molecule has 1 unspecified atom stereocenters. The normalized spacial score (nSPS) is 19.3. The Bertz CT molecular complexity index is 447. The molecule has 20 heavy (non-hydrogen) atoms. The molecule has 2 heteroatoms. The molecule has 0 aliphatic heterocycles. The fourth-order valence-corrected chi connectivity index (χ4v) is 3.13.